The fourth-order valence-electron chi connectivity index (χ4n) is 2.26. The summed E-state index contributed by atoms with van der Waals surface area (Å²) in [6.07, 6.45) is 1.77. The molecule has 122 valence electrons. The SMILES string of the molecule is CC(=O)c1c(OCCCCN)cccc1OCc1ccccc1. The van der Waals surface area contributed by atoms with Crippen molar-refractivity contribution in [1.82, 2.24) is 0 Å². The lowest BCUT2D eigenvalue weighted by molar-refractivity contribution is 0.100. The van der Waals surface area contributed by atoms with E-state index in [4.69, 9.17) is 15.2 Å². The zero-order valence-corrected chi connectivity index (χ0v) is 13.5. The number of benzene rings is 2. The zero-order valence-electron chi connectivity index (χ0n) is 13.5. The van der Waals surface area contributed by atoms with Crippen LogP contribution in [0.15, 0.2) is 48.5 Å². The number of Topliss-reactive ketones (excluding diaryl/α,β-unsaturated/α-hetero) is 1. The van der Waals surface area contributed by atoms with Crippen LogP contribution in [0.2, 0.25) is 0 Å². The summed E-state index contributed by atoms with van der Waals surface area (Å²) in [7, 11) is 0. The number of ether oxygens (including phenoxy) is 2. The second-order valence-electron chi connectivity index (χ2n) is 5.30. The van der Waals surface area contributed by atoms with Crippen LogP contribution < -0.4 is 15.2 Å². The van der Waals surface area contributed by atoms with Gasteiger partial charge in [-0.3, -0.25) is 4.79 Å². The predicted molar refractivity (Wildman–Crippen MR) is 91.0 cm³/mol. The Bertz CT molecular complexity index is 626. The van der Waals surface area contributed by atoms with Crippen molar-refractivity contribution in [3.63, 3.8) is 0 Å². The molecule has 23 heavy (non-hydrogen) atoms. The Kier molecular flexibility index (Phi) is 6.63. The van der Waals surface area contributed by atoms with Crippen molar-refractivity contribution in [3.8, 4) is 11.5 Å². The first-order valence-electron chi connectivity index (χ1n) is 7.86. The number of hydrogen-bond donors (Lipinski definition) is 1. The number of rotatable bonds is 9. The van der Waals surface area contributed by atoms with Gasteiger partial charge in [-0.1, -0.05) is 36.4 Å². The molecule has 2 N–H and O–H groups in total. The molecule has 2 rings (SSSR count). The smallest absolute Gasteiger partial charge is 0.167 e. The largest absolute Gasteiger partial charge is 0.493 e. The second-order valence-corrected chi connectivity index (χ2v) is 5.30. The Morgan fingerprint density at radius 1 is 0.957 bits per heavy atom. The van der Waals surface area contributed by atoms with Crippen LogP contribution in [0, 0.1) is 0 Å². The number of carbonyl (C=O) groups excluding carboxylic acids is 1. The third-order valence-electron chi connectivity index (χ3n) is 3.43. The highest BCUT2D eigenvalue weighted by Crippen LogP contribution is 2.30. The summed E-state index contributed by atoms with van der Waals surface area (Å²) in [5, 5.41) is 0. The Labute approximate surface area is 137 Å². The molecule has 0 aliphatic rings. The summed E-state index contributed by atoms with van der Waals surface area (Å²) >= 11 is 0. The van der Waals surface area contributed by atoms with E-state index in [2.05, 4.69) is 0 Å². The maximum absolute atomic E-state index is 12.0. The van der Waals surface area contributed by atoms with Crippen LogP contribution in [-0.2, 0) is 6.61 Å². The van der Waals surface area contributed by atoms with Crippen LogP contribution in [0.5, 0.6) is 11.5 Å². The Morgan fingerprint density at radius 2 is 1.65 bits per heavy atom. The van der Waals surface area contributed by atoms with Gasteiger partial charge in [0.05, 0.1) is 6.61 Å². The number of unbranched alkanes of at least 4 members (excludes halogenated alkanes) is 1. The van der Waals surface area contributed by atoms with Gasteiger partial charge in [0.15, 0.2) is 5.78 Å². The number of hydrogen-bond acceptors (Lipinski definition) is 4. The molecule has 0 amide bonds. The molecule has 0 bridgehead atoms. The molecule has 2 aromatic rings. The van der Waals surface area contributed by atoms with Gasteiger partial charge in [-0.25, -0.2) is 0 Å². The molecule has 0 aromatic heterocycles. The molecule has 2 aromatic carbocycles. The first-order chi connectivity index (χ1) is 11.2. The van der Waals surface area contributed by atoms with Gasteiger partial charge in [0.25, 0.3) is 0 Å². The number of carbonyl (C=O) groups is 1. The van der Waals surface area contributed by atoms with Crippen molar-refractivity contribution >= 4 is 5.78 Å². The molecular weight excluding hydrogens is 290 g/mol. The van der Waals surface area contributed by atoms with Crippen molar-refractivity contribution in [1.29, 1.82) is 0 Å². The predicted octanol–water partition coefficient (Wildman–Crippen LogP) is 3.59. The zero-order chi connectivity index (χ0) is 16.5. The molecule has 0 fully saturated rings. The van der Waals surface area contributed by atoms with Crippen molar-refractivity contribution < 1.29 is 14.3 Å². The van der Waals surface area contributed by atoms with Crippen LogP contribution in [-0.4, -0.2) is 18.9 Å². The molecule has 0 spiro atoms. The first-order valence-corrected chi connectivity index (χ1v) is 7.86. The highest BCUT2D eigenvalue weighted by atomic mass is 16.5. The lowest BCUT2D eigenvalue weighted by Gasteiger charge is -2.14. The van der Waals surface area contributed by atoms with Gasteiger partial charge < -0.3 is 15.2 Å². The molecule has 0 aliphatic carbocycles. The molecule has 0 saturated heterocycles. The monoisotopic (exact) mass is 313 g/mol. The summed E-state index contributed by atoms with van der Waals surface area (Å²) in [5.41, 5.74) is 7.02. The van der Waals surface area contributed by atoms with Gasteiger partial charge in [0.1, 0.15) is 23.7 Å². The maximum atomic E-state index is 12.0. The van der Waals surface area contributed by atoms with E-state index in [0.717, 1.165) is 18.4 Å². The third-order valence-corrected chi connectivity index (χ3v) is 3.43. The molecule has 0 aliphatic heterocycles. The fourth-order valence-corrected chi connectivity index (χ4v) is 2.26. The molecule has 0 atom stereocenters. The van der Waals surface area contributed by atoms with E-state index in [-0.39, 0.29) is 5.78 Å². The minimum absolute atomic E-state index is 0.0671. The minimum Gasteiger partial charge on any atom is -0.493 e. The standard InChI is InChI=1S/C19H23NO3/c1-15(21)19-17(22-13-6-5-12-20)10-7-11-18(19)23-14-16-8-3-2-4-9-16/h2-4,7-11H,5-6,12-14,20H2,1H3. The molecular formula is C19H23NO3. The van der Waals surface area contributed by atoms with Crippen molar-refractivity contribution in [3.05, 3.63) is 59.7 Å². The second kappa shape index (κ2) is 8.96. The van der Waals surface area contributed by atoms with E-state index >= 15 is 0 Å². The van der Waals surface area contributed by atoms with E-state index < -0.39 is 0 Å². The van der Waals surface area contributed by atoms with E-state index in [1.807, 2.05) is 36.4 Å². The molecule has 0 heterocycles. The van der Waals surface area contributed by atoms with Gasteiger partial charge in [-0.15, -0.1) is 0 Å². The highest BCUT2D eigenvalue weighted by molar-refractivity contribution is 5.99. The lowest BCUT2D eigenvalue weighted by Crippen LogP contribution is -2.08. The Hall–Kier alpha value is -2.33. The summed E-state index contributed by atoms with van der Waals surface area (Å²) in [6, 6.07) is 15.3. The topological polar surface area (TPSA) is 61.5 Å². The average molecular weight is 313 g/mol. The van der Waals surface area contributed by atoms with Gasteiger partial charge in [-0.2, -0.15) is 0 Å². The lowest BCUT2D eigenvalue weighted by atomic mass is 10.1. The Balaban J connectivity index is 2.10. The van der Waals surface area contributed by atoms with E-state index in [1.54, 1.807) is 12.1 Å². The van der Waals surface area contributed by atoms with Gasteiger partial charge >= 0.3 is 0 Å². The maximum Gasteiger partial charge on any atom is 0.167 e. The normalized spacial score (nSPS) is 10.3. The summed E-state index contributed by atoms with van der Waals surface area (Å²) in [6.45, 7) is 3.12. The third kappa shape index (κ3) is 5.11. The van der Waals surface area contributed by atoms with Crippen LogP contribution >= 0.6 is 0 Å². The average Bonchev–Trinajstić information content (AvgIpc) is 2.57. The van der Waals surface area contributed by atoms with Crippen LogP contribution in [0.3, 0.4) is 0 Å². The van der Waals surface area contributed by atoms with Crippen molar-refractivity contribution in [2.24, 2.45) is 5.73 Å². The van der Waals surface area contributed by atoms with Crippen molar-refractivity contribution in [2.75, 3.05) is 13.2 Å². The number of nitrogens with two attached hydrogens (primary N) is 1. The van der Waals surface area contributed by atoms with Crippen LogP contribution in [0.1, 0.15) is 35.7 Å². The van der Waals surface area contributed by atoms with E-state index in [0.29, 0.717) is 36.8 Å². The summed E-state index contributed by atoms with van der Waals surface area (Å²) < 4.78 is 11.6. The number of ketones is 1. The first kappa shape index (κ1) is 17.0. The molecule has 0 saturated carbocycles. The van der Waals surface area contributed by atoms with E-state index in [1.165, 1.54) is 6.92 Å². The summed E-state index contributed by atoms with van der Waals surface area (Å²) in [4.78, 5) is 12.0. The highest BCUT2D eigenvalue weighted by Gasteiger charge is 2.15. The molecule has 4 heteroatoms. The molecule has 0 radical (unpaired) electrons. The minimum atomic E-state index is -0.0671. The van der Waals surface area contributed by atoms with E-state index in [9.17, 15) is 4.79 Å². The van der Waals surface area contributed by atoms with Gasteiger partial charge in [0.2, 0.25) is 0 Å². The quantitative estimate of drug-likeness (QED) is 0.568. The van der Waals surface area contributed by atoms with Crippen molar-refractivity contribution in [2.45, 2.75) is 26.4 Å². The van der Waals surface area contributed by atoms with Gasteiger partial charge in [-0.05, 0) is 44.0 Å². The van der Waals surface area contributed by atoms with Gasteiger partial charge in [0, 0.05) is 0 Å². The van der Waals surface area contributed by atoms with Crippen LogP contribution in [0.25, 0.3) is 0 Å². The fraction of sp³-hybridized carbons (Fsp3) is 0.316. The molecule has 4 nitrogen and oxygen atoms in total. The van der Waals surface area contributed by atoms with Crippen LogP contribution in [0.4, 0.5) is 0 Å². The summed E-state index contributed by atoms with van der Waals surface area (Å²) in [5.74, 6) is 1.06. The molecule has 0 unspecified atom stereocenters. The Morgan fingerprint density at radius 3 is 2.30 bits per heavy atom.